The highest BCUT2D eigenvalue weighted by molar-refractivity contribution is 7.09. The first-order valence-electron chi connectivity index (χ1n) is 4.44. The molecular weight excluding hydrogens is 212 g/mol. The molecule has 2 heterocycles. The normalized spacial score (nSPS) is 10.2. The Morgan fingerprint density at radius 2 is 2.47 bits per heavy atom. The predicted octanol–water partition coefficient (Wildman–Crippen LogP) is 1.15. The maximum Gasteiger partial charge on any atom is 0.252 e. The Kier molecular flexibility index (Phi) is 2.77. The van der Waals surface area contributed by atoms with Crippen molar-refractivity contribution >= 4 is 17.2 Å². The lowest BCUT2D eigenvalue weighted by Crippen LogP contribution is -2.11. The van der Waals surface area contributed by atoms with Crippen LogP contribution in [-0.4, -0.2) is 15.0 Å². The molecule has 0 aliphatic rings. The van der Waals surface area contributed by atoms with Crippen molar-refractivity contribution in [1.29, 1.82) is 0 Å². The number of aromatic nitrogens is 3. The summed E-state index contributed by atoms with van der Waals surface area (Å²) in [6.07, 6.45) is 1.75. The summed E-state index contributed by atoms with van der Waals surface area (Å²) < 4.78 is 0. The van der Waals surface area contributed by atoms with Crippen molar-refractivity contribution in [2.24, 2.45) is 0 Å². The van der Waals surface area contributed by atoms with Crippen LogP contribution in [0.4, 0.5) is 5.82 Å². The van der Waals surface area contributed by atoms with Crippen LogP contribution in [0.1, 0.15) is 10.8 Å². The highest BCUT2D eigenvalue weighted by Crippen LogP contribution is 2.06. The van der Waals surface area contributed by atoms with Crippen LogP contribution in [0.3, 0.4) is 0 Å². The van der Waals surface area contributed by atoms with Gasteiger partial charge in [0.05, 0.1) is 6.54 Å². The Morgan fingerprint density at radius 3 is 3.13 bits per heavy atom. The quantitative estimate of drug-likeness (QED) is 0.817. The molecule has 2 aromatic heterocycles. The van der Waals surface area contributed by atoms with Crippen molar-refractivity contribution in [2.75, 3.05) is 5.32 Å². The number of rotatable bonds is 3. The molecule has 2 N–H and O–H groups in total. The lowest BCUT2D eigenvalue weighted by molar-refractivity contribution is 0.992. The van der Waals surface area contributed by atoms with Crippen LogP contribution in [0, 0.1) is 6.92 Å². The summed E-state index contributed by atoms with van der Waals surface area (Å²) >= 11 is 1.56. The van der Waals surface area contributed by atoms with Gasteiger partial charge in [0, 0.05) is 17.6 Å². The number of H-pyrrole nitrogens is 1. The zero-order chi connectivity index (χ0) is 10.7. The number of hydrogen-bond acceptors (Lipinski definition) is 5. The molecule has 0 fully saturated rings. The molecule has 0 saturated heterocycles. The molecule has 0 aromatic carbocycles. The first-order chi connectivity index (χ1) is 7.24. The molecule has 0 atom stereocenters. The van der Waals surface area contributed by atoms with Gasteiger partial charge in [-0.15, -0.1) is 11.3 Å². The second-order valence-corrected chi connectivity index (χ2v) is 3.97. The van der Waals surface area contributed by atoms with Gasteiger partial charge in [-0.1, -0.05) is 0 Å². The van der Waals surface area contributed by atoms with Crippen LogP contribution in [0.5, 0.6) is 0 Å². The van der Waals surface area contributed by atoms with Gasteiger partial charge in [0.1, 0.15) is 16.6 Å². The van der Waals surface area contributed by atoms with E-state index in [2.05, 4.69) is 20.3 Å². The molecule has 0 unspecified atom stereocenters. The van der Waals surface area contributed by atoms with Crippen LogP contribution in [0.25, 0.3) is 0 Å². The van der Waals surface area contributed by atoms with E-state index in [9.17, 15) is 4.79 Å². The molecule has 78 valence electrons. The minimum atomic E-state index is -0.149. The smallest absolute Gasteiger partial charge is 0.252 e. The molecule has 0 spiro atoms. The van der Waals surface area contributed by atoms with Gasteiger partial charge in [-0.05, 0) is 6.92 Å². The summed E-state index contributed by atoms with van der Waals surface area (Å²) in [4.78, 5) is 22.0. The summed E-state index contributed by atoms with van der Waals surface area (Å²) in [7, 11) is 0. The lowest BCUT2D eigenvalue weighted by atomic mass is 10.5. The van der Waals surface area contributed by atoms with E-state index in [1.54, 1.807) is 24.5 Å². The fourth-order valence-electron chi connectivity index (χ4n) is 1.18. The van der Waals surface area contributed by atoms with Crippen LogP contribution in [0.15, 0.2) is 22.4 Å². The van der Waals surface area contributed by atoms with E-state index in [1.807, 2.05) is 5.38 Å². The van der Waals surface area contributed by atoms with Crippen LogP contribution < -0.4 is 10.9 Å². The van der Waals surface area contributed by atoms with Crippen molar-refractivity contribution in [2.45, 2.75) is 13.5 Å². The minimum absolute atomic E-state index is 0.149. The summed E-state index contributed by atoms with van der Waals surface area (Å²) in [6.45, 7) is 2.34. The fourth-order valence-corrected chi connectivity index (χ4v) is 1.73. The number of hydrogen-bond donors (Lipinski definition) is 2. The molecule has 0 amide bonds. The van der Waals surface area contributed by atoms with Crippen molar-refractivity contribution in [3.63, 3.8) is 0 Å². The van der Waals surface area contributed by atoms with E-state index in [-0.39, 0.29) is 5.56 Å². The van der Waals surface area contributed by atoms with Gasteiger partial charge >= 0.3 is 0 Å². The number of nitrogens with zero attached hydrogens (tertiary/aromatic N) is 2. The average molecular weight is 222 g/mol. The average Bonchev–Trinajstić information content (AvgIpc) is 2.65. The molecule has 0 aliphatic heterocycles. The van der Waals surface area contributed by atoms with Gasteiger partial charge in [-0.25, -0.2) is 9.97 Å². The Hall–Kier alpha value is -1.69. The minimum Gasteiger partial charge on any atom is -0.363 e. The maximum atomic E-state index is 11.1. The van der Waals surface area contributed by atoms with E-state index < -0.39 is 0 Å². The van der Waals surface area contributed by atoms with Crippen LogP contribution in [-0.2, 0) is 6.54 Å². The highest BCUT2D eigenvalue weighted by atomic mass is 32.1. The SMILES string of the molecule is Cc1nc(NCc2nccs2)cc(=O)[nH]1. The highest BCUT2D eigenvalue weighted by Gasteiger charge is 1.99. The monoisotopic (exact) mass is 222 g/mol. The number of aromatic amines is 1. The number of nitrogens with one attached hydrogen (secondary N) is 2. The van der Waals surface area contributed by atoms with Gasteiger partial charge in [0.15, 0.2) is 0 Å². The Labute approximate surface area is 90.2 Å². The van der Waals surface area contributed by atoms with E-state index in [1.165, 1.54) is 6.07 Å². The molecular formula is C9H10N4OS. The molecule has 15 heavy (non-hydrogen) atoms. The van der Waals surface area contributed by atoms with E-state index in [0.29, 0.717) is 18.2 Å². The molecule has 0 aliphatic carbocycles. The van der Waals surface area contributed by atoms with Gasteiger partial charge in [0.2, 0.25) is 0 Å². The molecule has 2 aromatic rings. The van der Waals surface area contributed by atoms with E-state index >= 15 is 0 Å². The number of anilines is 1. The van der Waals surface area contributed by atoms with Gasteiger partial charge < -0.3 is 10.3 Å². The summed E-state index contributed by atoms with van der Waals surface area (Å²) in [5.74, 6) is 1.18. The molecule has 6 heteroatoms. The lowest BCUT2D eigenvalue weighted by Gasteiger charge is -2.02. The molecule has 5 nitrogen and oxygen atoms in total. The van der Waals surface area contributed by atoms with Crippen molar-refractivity contribution in [3.8, 4) is 0 Å². The Bertz CT molecular complexity index is 491. The fraction of sp³-hybridized carbons (Fsp3) is 0.222. The van der Waals surface area contributed by atoms with Gasteiger partial charge in [-0.3, -0.25) is 4.79 Å². The molecule has 0 radical (unpaired) electrons. The van der Waals surface area contributed by atoms with Gasteiger partial charge in [0.25, 0.3) is 5.56 Å². The molecule has 0 saturated carbocycles. The first kappa shape index (κ1) is 9.85. The third-order valence-corrected chi connectivity index (χ3v) is 2.54. The van der Waals surface area contributed by atoms with Crippen molar-refractivity contribution in [1.82, 2.24) is 15.0 Å². The van der Waals surface area contributed by atoms with Crippen LogP contribution >= 0.6 is 11.3 Å². The predicted molar refractivity (Wildman–Crippen MR) is 59.0 cm³/mol. The second-order valence-electron chi connectivity index (χ2n) is 3.00. The zero-order valence-electron chi connectivity index (χ0n) is 8.15. The van der Waals surface area contributed by atoms with Gasteiger partial charge in [-0.2, -0.15) is 0 Å². The number of thiazole rings is 1. The topological polar surface area (TPSA) is 70.7 Å². The molecule has 2 rings (SSSR count). The van der Waals surface area contributed by atoms with E-state index in [4.69, 9.17) is 0 Å². The van der Waals surface area contributed by atoms with Crippen molar-refractivity contribution in [3.05, 3.63) is 38.8 Å². The summed E-state index contributed by atoms with van der Waals surface area (Å²) in [5.41, 5.74) is -0.149. The largest absolute Gasteiger partial charge is 0.363 e. The zero-order valence-corrected chi connectivity index (χ0v) is 8.97. The first-order valence-corrected chi connectivity index (χ1v) is 5.32. The molecule has 0 bridgehead atoms. The third kappa shape index (κ3) is 2.63. The van der Waals surface area contributed by atoms with Crippen LogP contribution in [0.2, 0.25) is 0 Å². The maximum absolute atomic E-state index is 11.1. The van der Waals surface area contributed by atoms with E-state index in [0.717, 1.165) is 5.01 Å². The Balaban J connectivity index is 2.08. The summed E-state index contributed by atoms with van der Waals surface area (Å²) in [5, 5.41) is 5.92. The standard InChI is InChI=1S/C9H10N4OS/c1-6-12-7(4-8(14)13-6)11-5-9-10-2-3-15-9/h2-4H,5H2,1H3,(H2,11,12,13,14). The number of aryl methyl sites for hydroxylation is 1. The third-order valence-electron chi connectivity index (χ3n) is 1.76. The van der Waals surface area contributed by atoms with Crippen molar-refractivity contribution < 1.29 is 0 Å². The summed E-state index contributed by atoms with van der Waals surface area (Å²) in [6, 6.07) is 1.43. The second kappa shape index (κ2) is 4.22. The Morgan fingerprint density at radius 1 is 1.60 bits per heavy atom.